The standard InChI is InChI=1S/C5H8N2O3/c1-5(10)3(8)7(2)4(9)6-5/h10H,1-2H3,(H,6,9). The van der Waals surface area contributed by atoms with Gasteiger partial charge in [0.15, 0.2) is 0 Å². The van der Waals surface area contributed by atoms with Gasteiger partial charge in [0.2, 0.25) is 5.72 Å². The van der Waals surface area contributed by atoms with Crippen LogP contribution in [0.5, 0.6) is 0 Å². The number of nitrogens with zero attached hydrogens (tertiary/aromatic N) is 1. The van der Waals surface area contributed by atoms with Gasteiger partial charge in [-0.15, -0.1) is 0 Å². The molecule has 0 radical (unpaired) electrons. The predicted octanol–water partition coefficient (Wildman–Crippen LogP) is -1.12. The molecule has 56 valence electrons. The number of nitrogens with one attached hydrogen (secondary N) is 1. The second-order valence-corrected chi connectivity index (χ2v) is 2.37. The topological polar surface area (TPSA) is 69.6 Å². The van der Waals surface area contributed by atoms with E-state index < -0.39 is 17.7 Å². The van der Waals surface area contributed by atoms with E-state index in [2.05, 4.69) is 5.32 Å². The summed E-state index contributed by atoms with van der Waals surface area (Å²) in [4.78, 5) is 22.3. The van der Waals surface area contributed by atoms with Crippen molar-refractivity contribution in [3.63, 3.8) is 0 Å². The van der Waals surface area contributed by atoms with Gasteiger partial charge in [-0.2, -0.15) is 0 Å². The predicted molar refractivity (Wildman–Crippen MR) is 31.9 cm³/mol. The van der Waals surface area contributed by atoms with Crippen molar-refractivity contribution in [3.8, 4) is 0 Å². The monoisotopic (exact) mass is 144 g/mol. The van der Waals surface area contributed by atoms with Gasteiger partial charge < -0.3 is 10.4 Å². The van der Waals surface area contributed by atoms with Gasteiger partial charge >= 0.3 is 6.03 Å². The third-order valence-electron chi connectivity index (χ3n) is 1.38. The fourth-order valence-electron chi connectivity index (χ4n) is 0.764. The smallest absolute Gasteiger partial charge is 0.326 e. The molecule has 1 aliphatic heterocycles. The number of rotatable bonds is 0. The first-order valence-corrected chi connectivity index (χ1v) is 2.78. The fourth-order valence-corrected chi connectivity index (χ4v) is 0.764. The van der Waals surface area contributed by atoms with E-state index in [1.807, 2.05) is 0 Å². The molecule has 1 saturated heterocycles. The van der Waals surface area contributed by atoms with Crippen LogP contribution in [0.4, 0.5) is 4.79 Å². The summed E-state index contributed by atoms with van der Waals surface area (Å²) in [5.41, 5.74) is -1.72. The third kappa shape index (κ3) is 0.750. The van der Waals surface area contributed by atoms with Crippen molar-refractivity contribution < 1.29 is 14.7 Å². The Morgan fingerprint density at radius 1 is 1.60 bits per heavy atom. The van der Waals surface area contributed by atoms with Gasteiger partial charge in [0.05, 0.1) is 0 Å². The molecule has 0 aromatic rings. The van der Waals surface area contributed by atoms with Crippen molar-refractivity contribution in [2.75, 3.05) is 7.05 Å². The quantitative estimate of drug-likeness (QED) is 0.423. The Hall–Kier alpha value is -1.10. The molecule has 0 aliphatic carbocycles. The maximum Gasteiger partial charge on any atom is 0.326 e. The molecule has 5 heteroatoms. The Balaban J connectivity index is 2.92. The molecule has 1 heterocycles. The number of carbonyl (C=O) groups excluding carboxylic acids is 2. The van der Waals surface area contributed by atoms with E-state index in [4.69, 9.17) is 5.11 Å². The fraction of sp³-hybridized carbons (Fsp3) is 0.600. The Morgan fingerprint density at radius 2 is 2.10 bits per heavy atom. The van der Waals surface area contributed by atoms with E-state index in [9.17, 15) is 9.59 Å². The van der Waals surface area contributed by atoms with Crippen LogP contribution in [0.2, 0.25) is 0 Å². The van der Waals surface area contributed by atoms with Gasteiger partial charge in [-0.3, -0.25) is 9.69 Å². The lowest BCUT2D eigenvalue weighted by Crippen LogP contribution is -2.43. The second-order valence-electron chi connectivity index (χ2n) is 2.37. The first-order chi connectivity index (χ1) is 4.45. The number of hydrogen-bond acceptors (Lipinski definition) is 3. The first-order valence-electron chi connectivity index (χ1n) is 2.78. The van der Waals surface area contributed by atoms with Crippen molar-refractivity contribution >= 4 is 11.9 Å². The van der Waals surface area contributed by atoms with Crippen LogP contribution >= 0.6 is 0 Å². The van der Waals surface area contributed by atoms with Crippen molar-refractivity contribution in [2.24, 2.45) is 0 Å². The van der Waals surface area contributed by atoms with Gasteiger partial charge in [-0.05, 0) is 6.92 Å². The molecule has 3 amide bonds. The van der Waals surface area contributed by atoms with E-state index in [1.165, 1.54) is 14.0 Å². The second kappa shape index (κ2) is 1.69. The van der Waals surface area contributed by atoms with Crippen molar-refractivity contribution in [1.29, 1.82) is 0 Å². The number of amides is 3. The molecule has 0 aromatic carbocycles. The van der Waals surface area contributed by atoms with Crippen molar-refractivity contribution in [3.05, 3.63) is 0 Å². The van der Waals surface area contributed by atoms with Gasteiger partial charge in [-0.25, -0.2) is 4.79 Å². The maximum absolute atomic E-state index is 10.8. The minimum atomic E-state index is -1.72. The largest absolute Gasteiger partial charge is 0.363 e. The highest BCUT2D eigenvalue weighted by Gasteiger charge is 2.44. The van der Waals surface area contributed by atoms with Gasteiger partial charge in [0.1, 0.15) is 0 Å². The molecule has 1 aliphatic rings. The molecule has 1 rings (SSSR count). The summed E-state index contributed by atoms with van der Waals surface area (Å²) < 4.78 is 0. The Labute approximate surface area is 57.6 Å². The lowest BCUT2D eigenvalue weighted by atomic mass is 10.3. The van der Waals surface area contributed by atoms with E-state index in [0.29, 0.717) is 0 Å². The molecule has 0 aromatic heterocycles. The lowest BCUT2D eigenvalue weighted by molar-refractivity contribution is -0.141. The Morgan fingerprint density at radius 3 is 2.20 bits per heavy atom. The Bertz CT molecular complexity index is 199. The average Bonchev–Trinajstić information content (AvgIpc) is 1.95. The minimum Gasteiger partial charge on any atom is -0.363 e. The van der Waals surface area contributed by atoms with Gasteiger partial charge in [0.25, 0.3) is 5.91 Å². The average molecular weight is 144 g/mol. The molecule has 1 unspecified atom stereocenters. The van der Waals surface area contributed by atoms with Crippen LogP contribution in [0.3, 0.4) is 0 Å². The SMILES string of the molecule is CN1C(=O)NC(C)(O)C1=O. The summed E-state index contributed by atoms with van der Waals surface area (Å²) in [6, 6.07) is -0.574. The zero-order valence-electron chi connectivity index (χ0n) is 5.71. The summed E-state index contributed by atoms with van der Waals surface area (Å²) in [7, 11) is 1.30. The van der Waals surface area contributed by atoms with Crippen LogP contribution in [0.25, 0.3) is 0 Å². The minimum absolute atomic E-state index is 0.574. The highest BCUT2D eigenvalue weighted by Crippen LogP contribution is 2.10. The van der Waals surface area contributed by atoms with Crippen molar-refractivity contribution in [1.82, 2.24) is 10.2 Å². The highest BCUT2D eigenvalue weighted by atomic mass is 16.3. The molecular formula is C5H8N2O3. The number of hydrogen-bond donors (Lipinski definition) is 2. The van der Waals surface area contributed by atoms with E-state index in [-0.39, 0.29) is 0 Å². The molecule has 0 bridgehead atoms. The molecule has 1 fully saturated rings. The normalized spacial score (nSPS) is 32.9. The van der Waals surface area contributed by atoms with Crippen LogP contribution in [-0.4, -0.2) is 34.7 Å². The zero-order chi connectivity index (χ0) is 7.94. The van der Waals surface area contributed by atoms with Crippen LogP contribution in [-0.2, 0) is 4.79 Å². The summed E-state index contributed by atoms with van der Waals surface area (Å²) in [6.45, 7) is 1.23. The van der Waals surface area contributed by atoms with Gasteiger partial charge in [-0.1, -0.05) is 0 Å². The van der Waals surface area contributed by atoms with Crippen LogP contribution in [0.15, 0.2) is 0 Å². The molecule has 0 saturated carbocycles. The van der Waals surface area contributed by atoms with Crippen LogP contribution < -0.4 is 5.32 Å². The Kier molecular flexibility index (Phi) is 1.19. The molecule has 1 atom stereocenters. The van der Waals surface area contributed by atoms with E-state index in [1.54, 1.807) is 0 Å². The van der Waals surface area contributed by atoms with Crippen molar-refractivity contribution in [2.45, 2.75) is 12.6 Å². The molecule has 5 nitrogen and oxygen atoms in total. The summed E-state index contributed by atoms with van der Waals surface area (Å²) in [6.07, 6.45) is 0. The molecular weight excluding hydrogens is 136 g/mol. The summed E-state index contributed by atoms with van der Waals surface area (Å²) >= 11 is 0. The number of urea groups is 1. The summed E-state index contributed by atoms with van der Waals surface area (Å²) in [5.74, 6) is -0.627. The number of imide groups is 1. The highest BCUT2D eigenvalue weighted by molar-refractivity contribution is 6.05. The number of aliphatic hydroxyl groups is 1. The number of carbonyl (C=O) groups is 2. The summed E-state index contributed by atoms with van der Waals surface area (Å²) in [5, 5.41) is 11.2. The third-order valence-corrected chi connectivity index (χ3v) is 1.38. The first kappa shape index (κ1) is 7.01. The molecule has 2 N–H and O–H groups in total. The van der Waals surface area contributed by atoms with Crippen LogP contribution in [0.1, 0.15) is 6.92 Å². The van der Waals surface area contributed by atoms with E-state index in [0.717, 1.165) is 4.90 Å². The van der Waals surface area contributed by atoms with E-state index >= 15 is 0 Å². The number of likely N-dealkylation sites (N-methyl/N-ethyl adjacent to an activating group) is 1. The lowest BCUT2D eigenvalue weighted by Gasteiger charge is -2.11. The molecule has 0 spiro atoms. The van der Waals surface area contributed by atoms with Gasteiger partial charge in [0, 0.05) is 7.05 Å². The zero-order valence-corrected chi connectivity index (χ0v) is 5.71. The van der Waals surface area contributed by atoms with Crippen LogP contribution in [0, 0.1) is 0 Å². The maximum atomic E-state index is 10.8. The molecule has 10 heavy (non-hydrogen) atoms.